The number of piperazine rings is 1. The van der Waals surface area contributed by atoms with Crippen molar-refractivity contribution < 1.29 is 0 Å². The average Bonchev–Trinajstić information content (AvgIpc) is 2.42. The first kappa shape index (κ1) is 14.5. The molecule has 1 saturated heterocycles. The van der Waals surface area contributed by atoms with E-state index in [1.807, 2.05) is 0 Å². The number of benzene rings is 1. The Labute approximate surface area is 118 Å². The van der Waals surface area contributed by atoms with Crippen LogP contribution >= 0.6 is 0 Å². The molecule has 1 unspecified atom stereocenters. The summed E-state index contributed by atoms with van der Waals surface area (Å²) in [5.41, 5.74) is 4.43. The van der Waals surface area contributed by atoms with Gasteiger partial charge < -0.3 is 5.32 Å². The summed E-state index contributed by atoms with van der Waals surface area (Å²) >= 11 is 0. The fraction of sp³-hybridized carbons (Fsp3) is 0.647. The van der Waals surface area contributed by atoms with Crippen molar-refractivity contribution in [2.24, 2.45) is 0 Å². The molecule has 1 heterocycles. The van der Waals surface area contributed by atoms with Gasteiger partial charge >= 0.3 is 0 Å². The van der Waals surface area contributed by atoms with Gasteiger partial charge in [0.2, 0.25) is 0 Å². The van der Waals surface area contributed by atoms with Crippen molar-refractivity contribution in [1.82, 2.24) is 10.2 Å². The van der Waals surface area contributed by atoms with Crippen molar-refractivity contribution in [2.75, 3.05) is 26.2 Å². The molecule has 0 spiro atoms. The molecule has 0 amide bonds. The van der Waals surface area contributed by atoms with Crippen LogP contribution in [0.2, 0.25) is 0 Å². The minimum Gasteiger partial charge on any atom is -0.314 e. The van der Waals surface area contributed by atoms with Gasteiger partial charge in [-0.15, -0.1) is 0 Å². The molecule has 1 aliphatic heterocycles. The maximum Gasteiger partial charge on any atom is 0.0110 e. The molecule has 1 aliphatic rings. The van der Waals surface area contributed by atoms with E-state index in [2.05, 4.69) is 56.1 Å². The van der Waals surface area contributed by atoms with E-state index in [1.54, 1.807) is 0 Å². The van der Waals surface area contributed by atoms with Gasteiger partial charge in [0.15, 0.2) is 0 Å². The van der Waals surface area contributed by atoms with Gasteiger partial charge in [0.05, 0.1) is 0 Å². The number of nitrogens with zero attached hydrogens (tertiary/aromatic N) is 1. The van der Waals surface area contributed by atoms with Crippen LogP contribution in [0, 0.1) is 6.92 Å². The first-order chi connectivity index (χ1) is 9.08. The first-order valence-electron chi connectivity index (χ1n) is 7.62. The average molecular weight is 260 g/mol. The second kappa shape index (κ2) is 6.53. The number of nitrogens with one attached hydrogen (secondary N) is 1. The maximum atomic E-state index is 3.43. The van der Waals surface area contributed by atoms with Crippen LogP contribution in [0.5, 0.6) is 0 Å². The Morgan fingerprint density at radius 1 is 1.16 bits per heavy atom. The molecule has 0 radical (unpaired) electrons. The standard InChI is InChI=1S/C17H28N2/c1-13(2)16-6-5-14(3)17(12-16)11-15(4)19-9-7-18-8-10-19/h5-6,12-13,15,18H,7-11H2,1-4H3. The molecule has 106 valence electrons. The zero-order valence-corrected chi connectivity index (χ0v) is 12.9. The molecule has 1 fully saturated rings. The minimum absolute atomic E-state index is 0.619. The molecular weight excluding hydrogens is 232 g/mol. The Hall–Kier alpha value is -0.860. The van der Waals surface area contributed by atoms with Crippen LogP contribution in [-0.4, -0.2) is 37.1 Å². The second-order valence-corrected chi connectivity index (χ2v) is 6.18. The Morgan fingerprint density at radius 3 is 2.47 bits per heavy atom. The Bertz CT molecular complexity index is 406. The quantitative estimate of drug-likeness (QED) is 0.895. The Morgan fingerprint density at radius 2 is 1.84 bits per heavy atom. The van der Waals surface area contributed by atoms with Crippen LogP contribution in [0.25, 0.3) is 0 Å². The van der Waals surface area contributed by atoms with Gasteiger partial charge in [-0.1, -0.05) is 32.0 Å². The van der Waals surface area contributed by atoms with E-state index in [0.29, 0.717) is 12.0 Å². The summed E-state index contributed by atoms with van der Waals surface area (Å²) in [4.78, 5) is 2.61. The smallest absolute Gasteiger partial charge is 0.0110 e. The fourth-order valence-electron chi connectivity index (χ4n) is 2.84. The van der Waals surface area contributed by atoms with E-state index in [4.69, 9.17) is 0 Å². The first-order valence-corrected chi connectivity index (χ1v) is 7.62. The molecule has 0 saturated carbocycles. The summed E-state index contributed by atoms with van der Waals surface area (Å²) in [6.07, 6.45) is 1.17. The number of hydrogen-bond acceptors (Lipinski definition) is 2. The highest BCUT2D eigenvalue weighted by Gasteiger charge is 2.17. The topological polar surface area (TPSA) is 15.3 Å². The van der Waals surface area contributed by atoms with Gasteiger partial charge in [0.25, 0.3) is 0 Å². The molecule has 1 N–H and O–H groups in total. The Kier molecular flexibility index (Phi) is 5.00. The van der Waals surface area contributed by atoms with Crippen LogP contribution in [0.4, 0.5) is 0 Å². The van der Waals surface area contributed by atoms with Gasteiger partial charge in [-0.2, -0.15) is 0 Å². The normalized spacial score (nSPS) is 18.8. The van der Waals surface area contributed by atoms with Crippen molar-refractivity contribution >= 4 is 0 Å². The van der Waals surface area contributed by atoms with Gasteiger partial charge in [0.1, 0.15) is 0 Å². The summed E-state index contributed by atoms with van der Waals surface area (Å²) in [6, 6.07) is 7.62. The molecule has 2 heteroatoms. The largest absolute Gasteiger partial charge is 0.314 e. The summed E-state index contributed by atoms with van der Waals surface area (Å²) in [7, 11) is 0. The predicted octanol–water partition coefficient (Wildman–Crippen LogP) is 2.95. The third-order valence-electron chi connectivity index (χ3n) is 4.33. The molecule has 0 aliphatic carbocycles. The van der Waals surface area contributed by atoms with Crippen molar-refractivity contribution in [3.05, 3.63) is 34.9 Å². The van der Waals surface area contributed by atoms with Crippen molar-refractivity contribution in [1.29, 1.82) is 0 Å². The van der Waals surface area contributed by atoms with E-state index in [-0.39, 0.29) is 0 Å². The molecule has 2 rings (SSSR count). The van der Waals surface area contributed by atoms with Crippen molar-refractivity contribution in [3.63, 3.8) is 0 Å². The predicted molar refractivity (Wildman–Crippen MR) is 82.9 cm³/mol. The molecule has 19 heavy (non-hydrogen) atoms. The summed E-state index contributed by atoms with van der Waals surface area (Å²) in [5.74, 6) is 0.619. The van der Waals surface area contributed by atoms with Crippen molar-refractivity contribution in [2.45, 2.75) is 46.1 Å². The number of rotatable bonds is 4. The van der Waals surface area contributed by atoms with Gasteiger partial charge in [0, 0.05) is 32.2 Å². The maximum absolute atomic E-state index is 3.43. The Balaban J connectivity index is 2.06. The monoisotopic (exact) mass is 260 g/mol. The van der Waals surface area contributed by atoms with Crippen molar-refractivity contribution in [3.8, 4) is 0 Å². The minimum atomic E-state index is 0.619. The molecular formula is C17H28N2. The highest BCUT2D eigenvalue weighted by atomic mass is 15.2. The van der Waals surface area contributed by atoms with Gasteiger partial charge in [-0.3, -0.25) is 4.90 Å². The SMILES string of the molecule is Cc1ccc(C(C)C)cc1CC(C)N1CCNCC1. The van der Waals surface area contributed by atoms with Crippen LogP contribution in [0.1, 0.15) is 43.4 Å². The molecule has 2 nitrogen and oxygen atoms in total. The number of hydrogen-bond donors (Lipinski definition) is 1. The zero-order chi connectivity index (χ0) is 13.8. The summed E-state index contributed by atoms with van der Waals surface area (Å²) in [6.45, 7) is 13.8. The van der Waals surface area contributed by atoms with Crippen LogP contribution < -0.4 is 5.32 Å². The summed E-state index contributed by atoms with van der Waals surface area (Å²) < 4.78 is 0. The molecule has 1 atom stereocenters. The van der Waals surface area contributed by atoms with Gasteiger partial charge in [-0.05, 0) is 42.9 Å². The highest BCUT2D eigenvalue weighted by molar-refractivity contribution is 5.33. The van der Waals surface area contributed by atoms with E-state index < -0.39 is 0 Å². The second-order valence-electron chi connectivity index (χ2n) is 6.18. The highest BCUT2D eigenvalue weighted by Crippen LogP contribution is 2.20. The van der Waals surface area contributed by atoms with E-state index in [1.165, 1.54) is 36.2 Å². The molecule has 0 aromatic heterocycles. The lowest BCUT2D eigenvalue weighted by atomic mass is 9.94. The molecule has 1 aromatic carbocycles. The summed E-state index contributed by atoms with van der Waals surface area (Å²) in [5, 5.41) is 3.43. The van der Waals surface area contributed by atoms with Crippen LogP contribution in [0.3, 0.4) is 0 Å². The van der Waals surface area contributed by atoms with E-state index in [0.717, 1.165) is 13.1 Å². The lowest BCUT2D eigenvalue weighted by Crippen LogP contribution is -2.48. The fourth-order valence-corrected chi connectivity index (χ4v) is 2.84. The third kappa shape index (κ3) is 3.80. The lowest BCUT2D eigenvalue weighted by Gasteiger charge is -2.33. The lowest BCUT2D eigenvalue weighted by molar-refractivity contribution is 0.183. The molecule has 0 bridgehead atoms. The van der Waals surface area contributed by atoms with E-state index >= 15 is 0 Å². The van der Waals surface area contributed by atoms with Gasteiger partial charge in [-0.25, -0.2) is 0 Å². The molecule has 1 aromatic rings. The third-order valence-corrected chi connectivity index (χ3v) is 4.33. The zero-order valence-electron chi connectivity index (χ0n) is 12.9. The van der Waals surface area contributed by atoms with Crippen LogP contribution in [0.15, 0.2) is 18.2 Å². The van der Waals surface area contributed by atoms with Crippen LogP contribution in [-0.2, 0) is 6.42 Å². The van der Waals surface area contributed by atoms with E-state index in [9.17, 15) is 0 Å². The number of aryl methyl sites for hydroxylation is 1.